The smallest absolute Gasteiger partial charge is 0.0707 e. The molecule has 1 N–H and O–H groups in total. The van der Waals surface area contributed by atoms with E-state index in [9.17, 15) is 5.11 Å². The van der Waals surface area contributed by atoms with E-state index in [-0.39, 0.29) is 0 Å². The summed E-state index contributed by atoms with van der Waals surface area (Å²) in [4.78, 5) is 0. The summed E-state index contributed by atoms with van der Waals surface area (Å²) in [6.07, 6.45) is 4.36. The minimum atomic E-state index is -0.482. The summed E-state index contributed by atoms with van der Waals surface area (Å²) in [5.41, 5.74) is -0.482. The van der Waals surface area contributed by atoms with E-state index >= 15 is 0 Å². The summed E-state index contributed by atoms with van der Waals surface area (Å²) in [6.45, 7) is 9.70. The van der Waals surface area contributed by atoms with Gasteiger partial charge in [0, 0.05) is 13.7 Å². The molecule has 1 rings (SSSR count). The van der Waals surface area contributed by atoms with Crippen LogP contribution in [0.5, 0.6) is 0 Å². The maximum atomic E-state index is 11.1. The molecule has 4 atom stereocenters. The van der Waals surface area contributed by atoms with Gasteiger partial charge in [-0.05, 0) is 42.9 Å². The Labute approximate surface area is 107 Å². The molecule has 0 spiro atoms. The van der Waals surface area contributed by atoms with E-state index in [1.54, 1.807) is 7.11 Å². The van der Waals surface area contributed by atoms with Crippen molar-refractivity contribution in [3.63, 3.8) is 0 Å². The predicted octanol–water partition coefficient (Wildman–Crippen LogP) is 3.48. The van der Waals surface area contributed by atoms with E-state index in [4.69, 9.17) is 4.74 Å². The number of ether oxygens (including phenoxy) is 1. The number of aliphatic hydroxyl groups is 1. The highest BCUT2D eigenvalue weighted by Crippen LogP contribution is 2.45. The lowest BCUT2D eigenvalue weighted by Gasteiger charge is -2.48. The van der Waals surface area contributed by atoms with Crippen LogP contribution in [-0.4, -0.2) is 24.4 Å². The van der Waals surface area contributed by atoms with Crippen LogP contribution in [0.3, 0.4) is 0 Å². The molecule has 0 aromatic carbocycles. The Morgan fingerprint density at radius 3 is 2.47 bits per heavy atom. The molecule has 17 heavy (non-hydrogen) atoms. The van der Waals surface area contributed by atoms with Crippen molar-refractivity contribution in [2.45, 2.75) is 59.0 Å². The Morgan fingerprint density at radius 2 is 1.94 bits per heavy atom. The fourth-order valence-corrected chi connectivity index (χ4v) is 3.55. The van der Waals surface area contributed by atoms with Crippen molar-refractivity contribution in [1.82, 2.24) is 0 Å². The molecule has 4 unspecified atom stereocenters. The number of hydrogen-bond acceptors (Lipinski definition) is 2. The van der Waals surface area contributed by atoms with Crippen molar-refractivity contribution < 1.29 is 9.84 Å². The Hall–Kier alpha value is -0.0800. The van der Waals surface area contributed by atoms with Gasteiger partial charge in [-0.15, -0.1) is 0 Å². The molecule has 0 saturated heterocycles. The molecule has 1 saturated carbocycles. The first-order valence-electron chi connectivity index (χ1n) is 7.13. The number of methoxy groups -OCH3 is 1. The van der Waals surface area contributed by atoms with Crippen LogP contribution in [0.15, 0.2) is 0 Å². The molecular formula is C15H30O2. The van der Waals surface area contributed by atoms with Crippen LogP contribution in [0, 0.1) is 23.7 Å². The quantitative estimate of drug-likeness (QED) is 0.799. The second-order valence-corrected chi connectivity index (χ2v) is 6.41. The van der Waals surface area contributed by atoms with Crippen LogP contribution in [-0.2, 0) is 4.74 Å². The van der Waals surface area contributed by atoms with Crippen LogP contribution >= 0.6 is 0 Å². The molecule has 1 aliphatic carbocycles. The Bertz CT molecular complexity index is 227. The molecule has 0 radical (unpaired) electrons. The van der Waals surface area contributed by atoms with E-state index in [2.05, 4.69) is 27.7 Å². The van der Waals surface area contributed by atoms with Gasteiger partial charge in [-0.25, -0.2) is 0 Å². The Morgan fingerprint density at radius 1 is 1.29 bits per heavy atom. The zero-order valence-corrected chi connectivity index (χ0v) is 12.2. The lowest BCUT2D eigenvalue weighted by molar-refractivity contribution is -0.122. The van der Waals surface area contributed by atoms with Gasteiger partial charge in [0.1, 0.15) is 0 Å². The standard InChI is InChI=1S/C15H30O2/c1-11(2)14-7-6-12(3)10-15(14,16)13(4)8-9-17-5/h11-14,16H,6-10H2,1-5H3. The van der Waals surface area contributed by atoms with E-state index in [0.717, 1.165) is 19.4 Å². The lowest BCUT2D eigenvalue weighted by atomic mass is 9.62. The van der Waals surface area contributed by atoms with E-state index in [1.165, 1.54) is 12.8 Å². The molecule has 1 fully saturated rings. The van der Waals surface area contributed by atoms with E-state index < -0.39 is 5.60 Å². The highest BCUT2D eigenvalue weighted by Gasteiger charge is 2.45. The summed E-state index contributed by atoms with van der Waals surface area (Å²) < 4.78 is 5.16. The summed E-state index contributed by atoms with van der Waals surface area (Å²) >= 11 is 0. The van der Waals surface area contributed by atoms with Gasteiger partial charge in [0.05, 0.1) is 5.60 Å². The maximum Gasteiger partial charge on any atom is 0.0707 e. The third kappa shape index (κ3) is 3.45. The summed E-state index contributed by atoms with van der Waals surface area (Å²) in [6, 6.07) is 0. The van der Waals surface area contributed by atoms with Gasteiger partial charge in [0.25, 0.3) is 0 Å². The van der Waals surface area contributed by atoms with Gasteiger partial charge in [0.2, 0.25) is 0 Å². The second kappa shape index (κ2) is 6.19. The lowest BCUT2D eigenvalue weighted by Crippen LogP contribution is -2.50. The van der Waals surface area contributed by atoms with E-state index in [1.807, 2.05) is 0 Å². The SMILES string of the molecule is COCCC(C)C1(O)CC(C)CCC1C(C)C. The molecule has 0 heterocycles. The topological polar surface area (TPSA) is 29.5 Å². The van der Waals surface area contributed by atoms with Crippen LogP contribution in [0.1, 0.15) is 53.4 Å². The molecule has 1 aliphatic rings. The molecule has 2 heteroatoms. The van der Waals surface area contributed by atoms with Crippen LogP contribution in [0.2, 0.25) is 0 Å². The van der Waals surface area contributed by atoms with Gasteiger partial charge in [-0.1, -0.05) is 34.1 Å². The van der Waals surface area contributed by atoms with E-state index in [0.29, 0.717) is 23.7 Å². The molecular weight excluding hydrogens is 212 g/mol. The average molecular weight is 242 g/mol. The Balaban J connectivity index is 2.77. The van der Waals surface area contributed by atoms with Gasteiger partial charge < -0.3 is 9.84 Å². The number of rotatable bonds is 5. The number of hydrogen-bond donors (Lipinski definition) is 1. The average Bonchev–Trinajstić information content (AvgIpc) is 2.25. The zero-order chi connectivity index (χ0) is 13.1. The fourth-order valence-electron chi connectivity index (χ4n) is 3.55. The third-order valence-electron chi connectivity index (χ3n) is 4.70. The largest absolute Gasteiger partial charge is 0.389 e. The summed E-state index contributed by atoms with van der Waals surface area (Å²) in [5.74, 6) is 2.00. The normalized spacial score (nSPS) is 36.2. The molecule has 0 amide bonds. The fraction of sp³-hybridized carbons (Fsp3) is 1.00. The van der Waals surface area contributed by atoms with Gasteiger partial charge >= 0.3 is 0 Å². The van der Waals surface area contributed by atoms with Crippen LogP contribution < -0.4 is 0 Å². The highest BCUT2D eigenvalue weighted by molar-refractivity contribution is 4.96. The van der Waals surface area contributed by atoms with Crippen molar-refractivity contribution in [3.8, 4) is 0 Å². The zero-order valence-electron chi connectivity index (χ0n) is 12.2. The van der Waals surface area contributed by atoms with Crippen LogP contribution in [0.4, 0.5) is 0 Å². The van der Waals surface area contributed by atoms with Crippen molar-refractivity contribution in [2.24, 2.45) is 23.7 Å². The Kier molecular flexibility index (Phi) is 5.46. The first-order chi connectivity index (χ1) is 7.91. The van der Waals surface area contributed by atoms with Crippen molar-refractivity contribution in [3.05, 3.63) is 0 Å². The summed E-state index contributed by atoms with van der Waals surface area (Å²) in [7, 11) is 1.74. The summed E-state index contributed by atoms with van der Waals surface area (Å²) in [5, 5.41) is 11.1. The maximum absolute atomic E-state index is 11.1. The van der Waals surface area contributed by atoms with Crippen molar-refractivity contribution >= 4 is 0 Å². The molecule has 0 aromatic rings. The predicted molar refractivity (Wildman–Crippen MR) is 71.9 cm³/mol. The van der Waals surface area contributed by atoms with Crippen LogP contribution in [0.25, 0.3) is 0 Å². The minimum absolute atomic E-state index is 0.331. The van der Waals surface area contributed by atoms with Gasteiger partial charge in [0.15, 0.2) is 0 Å². The second-order valence-electron chi connectivity index (χ2n) is 6.41. The van der Waals surface area contributed by atoms with Crippen molar-refractivity contribution in [1.29, 1.82) is 0 Å². The van der Waals surface area contributed by atoms with Crippen molar-refractivity contribution in [2.75, 3.05) is 13.7 Å². The minimum Gasteiger partial charge on any atom is -0.389 e. The molecule has 0 aromatic heterocycles. The third-order valence-corrected chi connectivity index (χ3v) is 4.70. The molecule has 2 nitrogen and oxygen atoms in total. The van der Waals surface area contributed by atoms with Gasteiger partial charge in [-0.3, -0.25) is 0 Å². The first-order valence-corrected chi connectivity index (χ1v) is 7.13. The molecule has 102 valence electrons. The molecule has 0 bridgehead atoms. The molecule has 0 aliphatic heterocycles. The first kappa shape index (κ1) is 15.0. The monoisotopic (exact) mass is 242 g/mol. The van der Waals surface area contributed by atoms with Gasteiger partial charge in [-0.2, -0.15) is 0 Å². The highest BCUT2D eigenvalue weighted by atomic mass is 16.5.